The molecule has 0 radical (unpaired) electrons. The van der Waals surface area contributed by atoms with Crippen LogP contribution in [0, 0.1) is 5.92 Å². The Hall–Kier alpha value is -2.63. The smallest absolute Gasteiger partial charge is 0.223 e. The van der Waals surface area contributed by atoms with E-state index < -0.39 is 0 Å². The predicted octanol–water partition coefficient (Wildman–Crippen LogP) is 4.52. The summed E-state index contributed by atoms with van der Waals surface area (Å²) in [5, 5.41) is 3.73. The molecule has 1 N–H and O–H groups in total. The van der Waals surface area contributed by atoms with Gasteiger partial charge in [0, 0.05) is 23.0 Å². The van der Waals surface area contributed by atoms with E-state index in [1.807, 2.05) is 54.6 Å². The minimum absolute atomic E-state index is 0.0709. The number of oxazole rings is 1. The molecule has 4 rings (SSSR count). The van der Waals surface area contributed by atoms with Crippen LogP contribution in [-0.2, 0) is 17.9 Å². The first-order chi connectivity index (χ1) is 14.2. The number of carbonyl (C=O) groups excluding carboxylic acids is 1. The zero-order valence-electron chi connectivity index (χ0n) is 16.2. The Balaban J connectivity index is 1.25. The average Bonchev–Trinajstić information content (AvgIpc) is 3.22. The van der Waals surface area contributed by atoms with Gasteiger partial charge in [-0.05, 0) is 43.6 Å². The van der Waals surface area contributed by atoms with Crippen molar-refractivity contribution in [3.63, 3.8) is 0 Å². The van der Waals surface area contributed by atoms with Crippen LogP contribution in [0.15, 0.2) is 65.2 Å². The maximum absolute atomic E-state index is 12.5. The number of amides is 1. The van der Waals surface area contributed by atoms with Crippen LogP contribution in [0.25, 0.3) is 11.3 Å². The van der Waals surface area contributed by atoms with Crippen LogP contribution in [0.5, 0.6) is 0 Å². The van der Waals surface area contributed by atoms with Gasteiger partial charge in [0.25, 0.3) is 0 Å². The van der Waals surface area contributed by atoms with E-state index in [4.69, 9.17) is 16.0 Å². The van der Waals surface area contributed by atoms with Crippen molar-refractivity contribution in [3.05, 3.63) is 77.3 Å². The van der Waals surface area contributed by atoms with Gasteiger partial charge in [0.05, 0.1) is 12.7 Å². The fraction of sp³-hybridized carbons (Fsp3) is 0.304. The molecule has 5 nitrogen and oxygen atoms in total. The van der Waals surface area contributed by atoms with Crippen LogP contribution >= 0.6 is 11.6 Å². The number of nitrogens with one attached hydrogen (secondary N) is 1. The lowest BCUT2D eigenvalue weighted by Gasteiger charge is -2.30. The van der Waals surface area contributed by atoms with Crippen molar-refractivity contribution in [1.82, 2.24) is 15.2 Å². The highest BCUT2D eigenvalue weighted by molar-refractivity contribution is 6.30. The van der Waals surface area contributed by atoms with Gasteiger partial charge in [-0.25, -0.2) is 4.98 Å². The second-order valence-corrected chi connectivity index (χ2v) is 7.82. The highest BCUT2D eigenvalue weighted by Crippen LogP contribution is 2.25. The molecule has 1 amide bonds. The summed E-state index contributed by atoms with van der Waals surface area (Å²) in [6.45, 7) is 2.96. The van der Waals surface area contributed by atoms with Gasteiger partial charge in [0.2, 0.25) is 11.8 Å². The van der Waals surface area contributed by atoms with Crippen molar-refractivity contribution in [3.8, 4) is 11.3 Å². The summed E-state index contributed by atoms with van der Waals surface area (Å²) in [6, 6.07) is 17.6. The number of halogens is 1. The summed E-state index contributed by atoms with van der Waals surface area (Å²) >= 11 is 6.05. The van der Waals surface area contributed by atoms with Crippen molar-refractivity contribution in [1.29, 1.82) is 0 Å². The number of rotatable bonds is 6. The lowest BCUT2D eigenvalue weighted by Crippen LogP contribution is -2.40. The minimum Gasteiger partial charge on any atom is -0.439 e. The molecule has 0 unspecified atom stereocenters. The van der Waals surface area contributed by atoms with Gasteiger partial charge >= 0.3 is 0 Å². The van der Waals surface area contributed by atoms with E-state index in [0.29, 0.717) is 24.0 Å². The van der Waals surface area contributed by atoms with Gasteiger partial charge in [-0.2, -0.15) is 0 Å². The molecular weight excluding hydrogens is 386 g/mol. The predicted molar refractivity (Wildman–Crippen MR) is 113 cm³/mol. The monoisotopic (exact) mass is 409 g/mol. The van der Waals surface area contributed by atoms with E-state index in [2.05, 4.69) is 15.2 Å². The first-order valence-electron chi connectivity index (χ1n) is 9.92. The summed E-state index contributed by atoms with van der Waals surface area (Å²) in [5.74, 6) is 1.62. The second-order valence-electron chi connectivity index (χ2n) is 7.38. The number of hydrogen-bond donors (Lipinski definition) is 1. The maximum Gasteiger partial charge on any atom is 0.223 e. The Labute approximate surface area is 175 Å². The van der Waals surface area contributed by atoms with Gasteiger partial charge in [0.15, 0.2) is 5.76 Å². The molecule has 2 aromatic carbocycles. The van der Waals surface area contributed by atoms with Crippen molar-refractivity contribution in [2.24, 2.45) is 5.92 Å². The standard InChI is InChI=1S/C23H24ClN3O2/c24-20-8-4-7-19(13-20)21-15-25-22(29-21)16-27-11-9-18(10-12-27)23(28)26-14-17-5-2-1-3-6-17/h1-8,13,15,18H,9-12,14,16H2,(H,26,28). The maximum atomic E-state index is 12.5. The molecule has 1 aromatic heterocycles. The second kappa shape index (κ2) is 9.25. The van der Waals surface area contributed by atoms with E-state index in [0.717, 1.165) is 42.8 Å². The van der Waals surface area contributed by atoms with E-state index in [-0.39, 0.29) is 11.8 Å². The van der Waals surface area contributed by atoms with Crippen molar-refractivity contribution in [2.75, 3.05) is 13.1 Å². The SMILES string of the molecule is O=C(NCc1ccccc1)C1CCN(Cc2ncc(-c3cccc(Cl)c3)o2)CC1. The Morgan fingerprint density at radius 1 is 1.14 bits per heavy atom. The third kappa shape index (κ3) is 5.25. The Kier molecular flexibility index (Phi) is 6.27. The molecule has 0 saturated carbocycles. The van der Waals surface area contributed by atoms with Crippen molar-refractivity contribution >= 4 is 17.5 Å². The third-order valence-corrected chi connectivity index (χ3v) is 5.52. The molecule has 150 valence electrons. The molecule has 0 spiro atoms. The quantitative estimate of drug-likeness (QED) is 0.650. The zero-order valence-corrected chi connectivity index (χ0v) is 16.9. The molecule has 6 heteroatoms. The summed E-state index contributed by atoms with van der Waals surface area (Å²) < 4.78 is 5.90. The van der Waals surface area contributed by atoms with Crippen LogP contribution < -0.4 is 5.32 Å². The summed E-state index contributed by atoms with van der Waals surface area (Å²) in [5.41, 5.74) is 2.04. The van der Waals surface area contributed by atoms with Gasteiger partial charge in [-0.1, -0.05) is 54.1 Å². The molecule has 1 saturated heterocycles. The number of carbonyl (C=O) groups is 1. The topological polar surface area (TPSA) is 58.4 Å². The molecule has 3 aromatic rings. The molecule has 0 bridgehead atoms. The average molecular weight is 410 g/mol. The van der Waals surface area contributed by atoms with Crippen LogP contribution in [0.3, 0.4) is 0 Å². The molecule has 29 heavy (non-hydrogen) atoms. The van der Waals surface area contributed by atoms with E-state index in [9.17, 15) is 4.79 Å². The van der Waals surface area contributed by atoms with E-state index in [1.165, 1.54) is 0 Å². The van der Waals surface area contributed by atoms with Gasteiger partial charge in [-0.3, -0.25) is 9.69 Å². The Morgan fingerprint density at radius 3 is 2.69 bits per heavy atom. The molecule has 1 fully saturated rings. The minimum atomic E-state index is 0.0709. The Bertz CT molecular complexity index is 950. The van der Waals surface area contributed by atoms with Crippen LogP contribution in [0.2, 0.25) is 5.02 Å². The van der Waals surface area contributed by atoms with Crippen molar-refractivity contribution in [2.45, 2.75) is 25.9 Å². The number of hydrogen-bond acceptors (Lipinski definition) is 4. The van der Waals surface area contributed by atoms with Crippen LogP contribution in [-0.4, -0.2) is 28.9 Å². The number of piperidine rings is 1. The van der Waals surface area contributed by atoms with Gasteiger partial charge in [-0.15, -0.1) is 0 Å². The lowest BCUT2D eigenvalue weighted by molar-refractivity contribution is -0.126. The summed E-state index contributed by atoms with van der Waals surface area (Å²) in [7, 11) is 0. The fourth-order valence-electron chi connectivity index (χ4n) is 3.63. The molecule has 1 aliphatic rings. The first kappa shape index (κ1) is 19.7. The van der Waals surface area contributed by atoms with Gasteiger partial charge in [0.1, 0.15) is 0 Å². The first-order valence-corrected chi connectivity index (χ1v) is 10.3. The molecule has 2 heterocycles. The number of likely N-dealkylation sites (tertiary alicyclic amines) is 1. The number of aromatic nitrogens is 1. The molecular formula is C23H24ClN3O2. The summed E-state index contributed by atoms with van der Waals surface area (Å²) in [6.07, 6.45) is 3.44. The normalized spacial score (nSPS) is 15.3. The van der Waals surface area contributed by atoms with Crippen LogP contribution in [0.4, 0.5) is 0 Å². The fourth-order valence-corrected chi connectivity index (χ4v) is 3.82. The van der Waals surface area contributed by atoms with E-state index >= 15 is 0 Å². The number of benzene rings is 2. The molecule has 1 aliphatic heterocycles. The highest BCUT2D eigenvalue weighted by atomic mass is 35.5. The zero-order chi connectivity index (χ0) is 20.1. The highest BCUT2D eigenvalue weighted by Gasteiger charge is 2.25. The largest absolute Gasteiger partial charge is 0.439 e. The Morgan fingerprint density at radius 2 is 1.93 bits per heavy atom. The molecule has 0 aliphatic carbocycles. The molecule has 0 atom stereocenters. The lowest BCUT2D eigenvalue weighted by atomic mass is 9.96. The summed E-state index contributed by atoms with van der Waals surface area (Å²) in [4.78, 5) is 19.1. The third-order valence-electron chi connectivity index (χ3n) is 5.29. The number of nitrogens with zero attached hydrogens (tertiary/aromatic N) is 2. The van der Waals surface area contributed by atoms with E-state index in [1.54, 1.807) is 6.20 Å². The van der Waals surface area contributed by atoms with Crippen LogP contribution in [0.1, 0.15) is 24.3 Å². The van der Waals surface area contributed by atoms with Gasteiger partial charge < -0.3 is 9.73 Å². The van der Waals surface area contributed by atoms with Crippen molar-refractivity contribution < 1.29 is 9.21 Å².